The van der Waals surface area contributed by atoms with Crippen LogP contribution in [0.3, 0.4) is 0 Å². The van der Waals surface area contributed by atoms with Crippen LogP contribution in [0.2, 0.25) is 0 Å². The minimum atomic E-state index is -0.0181. The number of fused-ring (bicyclic) bond motifs is 1. The van der Waals surface area contributed by atoms with Gasteiger partial charge < -0.3 is 14.2 Å². The van der Waals surface area contributed by atoms with Crippen molar-refractivity contribution in [1.29, 1.82) is 0 Å². The summed E-state index contributed by atoms with van der Waals surface area (Å²) in [6, 6.07) is 0. The fraction of sp³-hybridized carbons (Fsp3) is 0.882. The normalized spacial score (nSPS) is 49.7. The number of ether oxygens (including phenoxy) is 3. The Bertz CT molecular complexity index is 432. The van der Waals surface area contributed by atoms with E-state index in [1.54, 1.807) is 7.11 Å². The van der Waals surface area contributed by atoms with Crippen LogP contribution in [-0.4, -0.2) is 31.2 Å². The van der Waals surface area contributed by atoms with Gasteiger partial charge in [0, 0.05) is 18.9 Å². The van der Waals surface area contributed by atoms with Gasteiger partial charge in [-0.05, 0) is 44.6 Å². The van der Waals surface area contributed by atoms with Gasteiger partial charge in [-0.15, -0.1) is 0 Å². The molecule has 2 spiro atoms. The lowest BCUT2D eigenvalue weighted by molar-refractivity contribution is -0.137. The Morgan fingerprint density at radius 1 is 1.25 bits per heavy atom. The van der Waals surface area contributed by atoms with Crippen molar-refractivity contribution in [3.8, 4) is 0 Å². The van der Waals surface area contributed by atoms with E-state index in [4.69, 9.17) is 14.2 Å². The minimum absolute atomic E-state index is 0.0181. The van der Waals surface area contributed by atoms with Crippen LogP contribution in [-0.2, 0) is 14.2 Å². The highest BCUT2D eigenvalue weighted by Gasteiger charge is 2.68. The molecular formula is C17H26O3. The Kier molecular flexibility index (Phi) is 3.03. The zero-order valence-corrected chi connectivity index (χ0v) is 12.7. The molecule has 2 heterocycles. The summed E-state index contributed by atoms with van der Waals surface area (Å²) < 4.78 is 18.0. The van der Waals surface area contributed by atoms with Gasteiger partial charge >= 0.3 is 0 Å². The van der Waals surface area contributed by atoms with Gasteiger partial charge in [-0.2, -0.15) is 0 Å². The third-order valence-corrected chi connectivity index (χ3v) is 6.27. The lowest BCUT2D eigenvalue weighted by atomic mass is 9.58. The third kappa shape index (κ3) is 1.57. The van der Waals surface area contributed by atoms with E-state index < -0.39 is 0 Å². The molecule has 0 radical (unpaired) electrons. The number of methoxy groups -OCH3 is 1. The molecule has 0 amide bonds. The van der Waals surface area contributed by atoms with Gasteiger partial charge in [0.2, 0.25) is 0 Å². The molecule has 0 aromatic heterocycles. The van der Waals surface area contributed by atoms with E-state index in [0.29, 0.717) is 24.7 Å². The zero-order chi connectivity index (χ0) is 13.8. The Labute approximate surface area is 121 Å². The van der Waals surface area contributed by atoms with Gasteiger partial charge in [-0.1, -0.05) is 18.9 Å². The van der Waals surface area contributed by atoms with E-state index in [2.05, 4.69) is 13.0 Å². The highest BCUT2D eigenvalue weighted by atomic mass is 16.7. The Morgan fingerprint density at radius 3 is 3.00 bits per heavy atom. The van der Waals surface area contributed by atoms with E-state index in [-0.39, 0.29) is 11.2 Å². The maximum Gasteiger partial charge on any atom is 0.146 e. The maximum atomic E-state index is 6.76. The van der Waals surface area contributed by atoms with Crippen LogP contribution in [0, 0.1) is 11.8 Å². The second kappa shape index (κ2) is 4.56. The Hall–Kier alpha value is -0.380. The van der Waals surface area contributed by atoms with Gasteiger partial charge in [0.05, 0.1) is 17.3 Å². The van der Waals surface area contributed by atoms with E-state index in [1.807, 2.05) is 0 Å². The molecule has 3 heteroatoms. The first-order valence-corrected chi connectivity index (χ1v) is 8.22. The van der Waals surface area contributed by atoms with Crippen molar-refractivity contribution in [1.82, 2.24) is 0 Å². The maximum absolute atomic E-state index is 6.76. The topological polar surface area (TPSA) is 27.7 Å². The Balaban J connectivity index is 1.70. The fourth-order valence-electron chi connectivity index (χ4n) is 5.66. The third-order valence-electron chi connectivity index (χ3n) is 6.27. The van der Waals surface area contributed by atoms with Gasteiger partial charge in [0.15, 0.2) is 0 Å². The summed E-state index contributed by atoms with van der Waals surface area (Å²) in [4.78, 5) is 0. The molecule has 3 fully saturated rings. The van der Waals surface area contributed by atoms with Crippen molar-refractivity contribution >= 4 is 0 Å². The molecule has 1 saturated heterocycles. The van der Waals surface area contributed by atoms with E-state index in [9.17, 15) is 0 Å². The molecule has 4 aliphatic rings. The molecule has 2 bridgehead atoms. The van der Waals surface area contributed by atoms with Gasteiger partial charge in [0.25, 0.3) is 0 Å². The number of rotatable bonds is 3. The second-order valence-corrected chi connectivity index (χ2v) is 7.16. The first-order valence-electron chi connectivity index (χ1n) is 8.22. The largest absolute Gasteiger partial charge is 0.359 e. The molecular weight excluding hydrogens is 252 g/mol. The summed E-state index contributed by atoms with van der Waals surface area (Å²) in [6.45, 7) is 2.71. The molecule has 2 aliphatic heterocycles. The van der Waals surface area contributed by atoms with Crippen molar-refractivity contribution in [2.24, 2.45) is 11.8 Å². The quantitative estimate of drug-likeness (QED) is 0.585. The highest BCUT2D eigenvalue weighted by Crippen LogP contribution is 2.65. The van der Waals surface area contributed by atoms with Gasteiger partial charge in [-0.3, -0.25) is 0 Å². The van der Waals surface area contributed by atoms with Crippen molar-refractivity contribution in [3.05, 3.63) is 11.6 Å². The summed E-state index contributed by atoms with van der Waals surface area (Å²) in [5, 5.41) is 0. The molecule has 112 valence electrons. The number of hydrogen-bond donors (Lipinski definition) is 0. The van der Waals surface area contributed by atoms with Crippen LogP contribution in [0.5, 0.6) is 0 Å². The molecule has 3 nitrogen and oxygen atoms in total. The van der Waals surface area contributed by atoms with Crippen molar-refractivity contribution in [2.45, 2.75) is 69.2 Å². The minimum Gasteiger partial charge on any atom is -0.359 e. The van der Waals surface area contributed by atoms with Crippen LogP contribution >= 0.6 is 0 Å². The van der Waals surface area contributed by atoms with Crippen molar-refractivity contribution < 1.29 is 14.2 Å². The van der Waals surface area contributed by atoms with Gasteiger partial charge in [0.1, 0.15) is 6.79 Å². The van der Waals surface area contributed by atoms with Crippen LogP contribution in [0.15, 0.2) is 11.6 Å². The van der Waals surface area contributed by atoms with Crippen molar-refractivity contribution in [3.63, 3.8) is 0 Å². The average Bonchev–Trinajstić information content (AvgIpc) is 2.89. The first-order chi connectivity index (χ1) is 9.72. The highest BCUT2D eigenvalue weighted by molar-refractivity contribution is 5.37. The molecule has 2 saturated carbocycles. The Morgan fingerprint density at radius 2 is 2.15 bits per heavy atom. The predicted molar refractivity (Wildman–Crippen MR) is 76.4 cm³/mol. The summed E-state index contributed by atoms with van der Waals surface area (Å²) in [5.41, 5.74) is 1.54. The smallest absolute Gasteiger partial charge is 0.146 e. The van der Waals surface area contributed by atoms with Gasteiger partial charge in [-0.25, -0.2) is 0 Å². The summed E-state index contributed by atoms with van der Waals surface area (Å²) >= 11 is 0. The van der Waals surface area contributed by atoms with E-state index >= 15 is 0 Å². The number of hydrogen-bond acceptors (Lipinski definition) is 3. The monoisotopic (exact) mass is 278 g/mol. The van der Waals surface area contributed by atoms with Crippen molar-refractivity contribution in [2.75, 3.05) is 13.9 Å². The molecule has 4 rings (SSSR count). The van der Waals surface area contributed by atoms with Crippen LogP contribution in [0.25, 0.3) is 0 Å². The van der Waals surface area contributed by atoms with Crippen LogP contribution in [0.4, 0.5) is 0 Å². The lowest BCUT2D eigenvalue weighted by Gasteiger charge is -2.46. The molecule has 0 unspecified atom stereocenters. The van der Waals surface area contributed by atoms with Crippen LogP contribution in [0.1, 0.15) is 51.9 Å². The summed E-state index contributed by atoms with van der Waals surface area (Å²) in [5.74, 6) is 1.22. The molecule has 0 aromatic carbocycles. The van der Waals surface area contributed by atoms with Crippen LogP contribution < -0.4 is 0 Å². The average molecular weight is 278 g/mol. The SMILES string of the molecule is COCO[C@H]1CCC[C@@]23C=C(C)[C@]4(CCCC[C@@H]4[C@H]12)O3. The predicted octanol–water partition coefficient (Wildman–Crippen LogP) is 3.43. The molecule has 5 atom stereocenters. The zero-order valence-electron chi connectivity index (χ0n) is 12.7. The molecule has 2 aliphatic carbocycles. The molecule has 0 aromatic rings. The second-order valence-electron chi connectivity index (χ2n) is 7.16. The first kappa shape index (κ1) is 13.3. The van der Waals surface area contributed by atoms with E-state index in [1.165, 1.54) is 50.5 Å². The molecule has 20 heavy (non-hydrogen) atoms. The fourth-order valence-corrected chi connectivity index (χ4v) is 5.66. The lowest BCUT2D eigenvalue weighted by Crippen LogP contribution is -2.50. The summed E-state index contributed by atoms with van der Waals surface area (Å²) in [6.07, 6.45) is 11.5. The van der Waals surface area contributed by atoms with E-state index in [0.717, 1.165) is 0 Å². The standard InChI is InChI=1S/C17H26O3/c1-12-10-16-8-5-7-14(19-11-18-2)15(16)13-6-3-4-9-17(12,13)20-16/h10,13-15H,3-9,11H2,1-2H3/t13-,14+,15-,16-,17+/m1/s1. The summed E-state index contributed by atoms with van der Waals surface area (Å²) in [7, 11) is 1.71. The molecule has 0 N–H and O–H groups in total.